The number of aryl methyl sites for hydroxylation is 1. The van der Waals surface area contributed by atoms with Crippen LogP contribution in [0.4, 0.5) is 8.78 Å². The average Bonchev–Trinajstić information content (AvgIpc) is 3.64. The summed E-state index contributed by atoms with van der Waals surface area (Å²) >= 11 is 0. The van der Waals surface area contributed by atoms with Gasteiger partial charge in [0.25, 0.3) is 0 Å². The van der Waals surface area contributed by atoms with E-state index in [1.807, 2.05) is 18.2 Å². The van der Waals surface area contributed by atoms with Crippen LogP contribution in [0.1, 0.15) is 49.3 Å². The number of aromatic nitrogens is 2. The van der Waals surface area contributed by atoms with Crippen molar-refractivity contribution in [2.45, 2.75) is 60.8 Å². The second kappa shape index (κ2) is 9.57. The smallest absolute Gasteiger partial charge is 0.182 e. The molecule has 182 valence electrons. The van der Waals surface area contributed by atoms with Crippen LogP contribution in [-0.2, 0) is 21.1 Å². The summed E-state index contributed by atoms with van der Waals surface area (Å²) in [6.45, 7) is 0. The zero-order chi connectivity index (χ0) is 24.6. The van der Waals surface area contributed by atoms with Gasteiger partial charge in [-0.2, -0.15) is 0 Å². The summed E-state index contributed by atoms with van der Waals surface area (Å²) < 4.78 is 53.7. The first-order valence-corrected chi connectivity index (χ1v) is 13.4. The highest BCUT2D eigenvalue weighted by atomic mass is 32.2. The molecular formula is C27H26F2N2O3S. The van der Waals surface area contributed by atoms with E-state index in [-0.39, 0.29) is 29.9 Å². The van der Waals surface area contributed by atoms with E-state index in [1.54, 1.807) is 0 Å². The molecule has 2 saturated carbocycles. The molecule has 2 aromatic carbocycles. The quantitative estimate of drug-likeness (QED) is 0.398. The van der Waals surface area contributed by atoms with Crippen LogP contribution in [0.15, 0.2) is 65.8 Å². The highest BCUT2D eigenvalue weighted by Crippen LogP contribution is 2.40. The van der Waals surface area contributed by atoms with E-state index in [4.69, 9.17) is 0 Å². The molecule has 2 aliphatic carbocycles. The van der Waals surface area contributed by atoms with Crippen LogP contribution in [0, 0.1) is 11.7 Å². The third-order valence-electron chi connectivity index (χ3n) is 7.01. The van der Waals surface area contributed by atoms with Crippen LogP contribution >= 0.6 is 0 Å². The fourth-order valence-electron chi connectivity index (χ4n) is 4.89. The maximum atomic E-state index is 14.3. The molecule has 0 spiro atoms. The fourth-order valence-corrected chi connectivity index (χ4v) is 6.91. The Morgan fingerprint density at radius 2 is 1.69 bits per heavy atom. The molecule has 1 unspecified atom stereocenters. The molecule has 0 saturated heterocycles. The van der Waals surface area contributed by atoms with E-state index >= 15 is 0 Å². The Bertz CT molecular complexity index is 1320. The number of nitrogens with zero attached hydrogens (tertiary/aromatic N) is 2. The molecule has 0 amide bonds. The number of benzene rings is 2. The van der Waals surface area contributed by atoms with Gasteiger partial charge in [0.05, 0.1) is 15.8 Å². The first kappa shape index (κ1) is 23.7. The molecule has 0 N–H and O–H groups in total. The second-order valence-corrected chi connectivity index (χ2v) is 11.6. The largest absolute Gasteiger partial charge is 0.299 e. The Hall–Kier alpha value is -3.00. The van der Waals surface area contributed by atoms with Gasteiger partial charge in [-0.1, -0.05) is 24.3 Å². The van der Waals surface area contributed by atoms with E-state index in [1.165, 1.54) is 24.7 Å². The van der Waals surface area contributed by atoms with Gasteiger partial charge in [-0.15, -0.1) is 0 Å². The Morgan fingerprint density at radius 1 is 0.971 bits per heavy atom. The van der Waals surface area contributed by atoms with Gasteiger partial charge in [0.2, 0.25) is 0 Å². The lowest BCUT2D eigenvalue weighted by Gasteiger charge is -2.19. The predicted octanol–water partition coefficient (Wildman–Crippen LogP) is 5.25. The minimum absolute atomic E-state index is 0.0594. The first-order chi connectivity index (χ1) is 16.8. The average molecular weight is 497 g/mol. The molecule has 0 radical (unpaired) electrons. The number of rotatable bonds is 8. The molecule has 8 heteroatoms. The van der Waals surface area contributed by atoms with Crippen molar-refractivity contribution in [3.8, 4) is 11.3 Å². The number of ketones is 1. The van der Waals surface area contributed by atoms with Crippen molar-refractivity contribution in [1.29, 1.82) is 0 Å². The number of alkyl halides is 1. The minimum Gasteiger partial charge on any atom is -0.299 e. The normalized spacial score (nSPS) is 22.3. The highest BCUT2D eigenvalue weighted by Gasteiger charge is 2.46. The van der Waals surface area contributed by atoms with Crippen molar-refractivity contribution in [2.24, 2.45) is 5.92 Å². The first-order valence-electron chi connectivity index (χ1n) is 11.9. The van der Waals surface area contributed by atoms with Gasteiger partial charge in [-0.25, -0.2) is 27.2 Å². The molecule has 0 aliphatic heterocycles. The Kier molecular flexibility index (Phi) is 6.49. The van der Waals surface area contributed by atoms with E-state index in [0.29, 0.717) is 18.0 Å². The summed E-state index contributed by atoms with van der Waals surface area (Å²) in [4.78, 5) is 21.6. The van der Waals surface area contributed by atoms with Crippen LogP contribution in [0.3, 0.4) is 0 Å². The van der Waals surface area contributed by atoms with Crippen molar-refractivity contribution in [1.82, 2.24) is 9.97 Å². The molecule has 1 aromatic heterocycles. The molecule has 5 rings (SSSR count). The zero-order valence-electron chi connectivity index (χ0n) is 19.1. The van der Waals surface area contributed by atoms with Crippen molar-refractivity contribution >= 4 is 15.6 Å². The van der Waals surface area contributed by atoms with Gasteiger partial charge in [0, 0.05) is 23.6 Å². The van der Waals surface area contributed by atoms with Crippen LogP contribution in [0.5, 0.6) is 0 Å². The lowest BCUT2D eigenvalue weighted by Crippen LogP contribution is -2.31. The van der Waals surface area contributed by atoms with E-state index < -0.39 is 33.0 Å². The number of hydrogen-bond donors (Lipinski definition) is 0. The summed E-state index contributed by atoms with van der Waals surface area (Å²) in [5.74, 6) is -1.12. The molecule has 5 nitrogen and oxygen atoms in total. The predicted molar refractivity (Wildman–Crippen MR) is 128 cm³/mol. The standard InChI is InChI=1S/C27H26F2N2O3S/c28-20-7-10-23(11-8-20)35(33,34)27-14-21(29)13-24(27)26(32)12-9-22-15-25(31-16-30-22)19-5-3-18(4-6-19)17-1-2-17/h3-8,10-11,15-17,21,24,27H,1-2,9,12-14H2/t21-,24+,27?/m1/s1. The Morgan fingerprint density at radius 3 is 2.37 bits per heavy atom. The molecule has 3 aromatic rings. The minimum atomic E-state index is -3.97. The summed E-state index contributed by atoms with van der Waals surface area (Å²) in [6.07, 6.45) is 2.58. The number of carbonyl (C=O) groups is 1. The van der Waals surface area contributed by atoms with Crippen molar-refractivity contribution < 1.29 is 22.0 Å². The van der Waals surface area contributed by atoms with Gasteiger partial charge in [0.15, 0.2) is 9.84 Å². The second-order valence-electron chi connectivity index (χ2n) is 9.47. The topological polar surface area (TPSA) is 77.0 Å². The number of halogens is 2. The summed E-state index contributed by atoms with van der Waals surface area (Å²) in [7, 11) is -3.97. The van der Waals surface area contributed by atoms with Crippen molar-refractivity contribution in [3.63, 3.8) is 0 Å². The molecule has 3 atom stereocenters. The number of Topliss-reactive ketones (excluding diaryl/α,β-unsaturated/α-hetero) is 1. The van der Waals surface area contributed by atoms with Gasteiger partial charge in [0.1, 0.15) is 24.1 Å². The molecule has 35 heavy (non-hydrogen) atoms. The number of sulfone groups is 1. The van der Waals surface area contributed by atoms with Gasteiger partial charge >= 0.3 is 0 Å². The third kappa shape index (κ3) is 5.17. The van der Waals surface area contributed by atoms with Gasteiger partial charge < -0.3 is 0 Å². The molecule has 2 fully saturated rings. The van der Waals surface area contributed by atoms with Gasteiger partial charge in [-0.3, -0.25) is 4.79 Å². The number of hydrogen-bond acceptors (Lipinski definition) is 5. The van der Waals surface area contributed by atoms with Gasteiger partial charge in [-0.05, 0) is 73.9 Å². The van der Waals surface area contributed by atoms with E-state index in [2.05, 4.69) is 22.1 Å². The lowest BCUT2D eigenvalue weighted by atomic mass is 9.97. The van der Waals surface area contributed by atoms with Crippen LogP contribution in [0.25, 0.3) is 11.3 Å². The lowest BCUT2D eigenvalue weighted by molar-refractivity contribution is -0.122. The van der Waals surface area contributed by atoms with Crippen molar-refractivity contribution in [3.05, 3.63) is 78.0 Å². The Balaban J connectivity index is 1.27. The third-order valence-corrected chi connectivity index (χ3v) is 9.25. The van der Waals surface area contributed by atoms with E-state index in [0.717, 1.165) is 35.5 Å². The van der Waals surface area contributed by atoms with Crippen molar-refractivity contribution in [2.75, 3.05) is 0 Å². The van der Waals surface area contributed by atoms with Crippen LogP contribution < -0.4 is 0 Å². The monoisotopic (exact) mass is 496 g/mol. The highest BCUT2D eigenvalue weighted by molar-refractivity contribution is 7.92. The van der Waals surface area contributed by atoms with Crippen LogP contribution in [-0.4, -0.2) is 35.6 Å². The summed E-state index contributed by atoms with van der Waals surface area (Å²) in [5, 5.41) is -1.15. The maximum absolute atomic E-state index is 14.3. The summed E-state index contributed by atoms with van der Waals surface area (Å²) in [6, 6.07) is 14.6. The molecular weight excluding hydrogens is 470 g/mol. The van der Waals surface area contributed by atoms with Crippen LogP contribution in [0.2, 0.25) is 0 Å². The molecule has 2 aliphatic rings. The Labute approximate surface area is 203 Å². The maximum Gasteiger partial charge on any atom is 0.182 e. The molecule has 1 heterocycles. The SMILES string of the molecule is O=C(CCc1cc(-c2ccc(C3CC3)cc2)ncn1)[C@@H]1C[C@@H](F)CC1S(=O)(=O)c1ccc(F)cc1. The van der Waals surface area contributed by atoms with E-state index in [9.17, 15) is 22.0 Å². The fraction of sp³-hybridized carbons (Fsp3) is 0.370. The zero-order valence-corrected chi connectivity index (χ0v) is 19.9. The molecule has 0 bridgehead atoms. The number of carbonyl (C=O) groups excluding carboxylic acids is 1. The summed E-state index contributed by atoms with van der Waals surface area (Å²) in [5.41, 5.74) is 3.72.